The van der Waals surface area contributed by atoms with Crippen LogP contribution >= 0.6 is 0 Å². The molecule has 0 saturated heterocycles. The van der Waals surface area contributed by atoms with Gasteiger partial charge in [0.15, 0.2) is 11.6 Å². The van der Waals surface area contributed by atoms with Gasteiger partial charge in [-0.25, -0.2) is 4.98 Å². The third-order valence-corrected chi connectivity index (χ3v) is 10.8. The van der Waals surface area contributed by atoms with Crippen LogP contribution in [0.4, 0.5) is 0 Å². The second-order valence-corrected chi connectivity index (χ2v) is 14.0. The van der Waals surface area contributed by atoms with Gasteiger partial charge in [-0.3, -0.25) is 4.57 Å². The maximum atomic E-state index is 5.33. The molecule has 11 rings (SSSR count). The van der Waals surface area contributed by atoms with Crippen LogP contribution in [-0.4, -0.2) is 24.1 Å². The third kappa shape index (κ3) is 5.06. The van der Waals surface area contributed by atoms with Crippen LogP contribution in [-0.2, 0) is 0 Å². The van der Waals surface area contributed by atoms with Crippen LogP contribution in [0.25, 0.3) is 100 Å². The fourth-order valence-corrected chi connectivity index (χ4v) is 8.33. The number of fused-ring (bicyclic) bond motifs is 7. The van der Waals surface area contributed by atoms with Crippen molar-refractivity contribution < 1.29 is 0 Å². The molecule has 0 radical (unpaired) electrons. The van der Waals surface area contributed by atoms with Crippen molar-refractivity contribution in [2.75, 3.05) is 0 Å². The van der Waals surface area contributed by atoms with Gasteiger partial charge in [0.05, 0.1) is 27.8 Å². The van der Waals surface area contributed by atoms with E-state index in [-0.39, 0.29) is 0 Å². The molecule has 0 saturated carbocycles. The first kappa shape index (κ1) is 31.9. The summed E-state index contributed by atoms with van der Waals surface area (Å²) in [5.41, 5.74) is 11.8. The molecule has 56 heavy (non-hydrogen) atoms. The smallest absolute Gasteiger partial charge is 0.238 e. The molecule has 5 heteroatoms. The van der Waals surface area contributed by atoms with E-state index in [2.05, 4.69) is 173 Å². The van der Waals surface area contributed by atoms with Crippen molar-refractivity contribution in [3.63, 3.8) is 0 Å². The van der Waals surface area contributed by atoms with Crippen LogP contribution in [0.2, 0.25) is 0 Å². The zero-order valence-corrected chi connectivity index (χ0v) is 30.3. The summed E-state index contributed by atoms with van der Waals surface area (Å²) in [4.78, 5) is 15.7. The molecule has 262 valence electrons. The van der Waals surface area contributed by atoms with E-state index in [0.29, 0.717) is 17.6 Å². The molecule has 0 amide bonds. The Labute approximate surface area is 323 Å². The number of nitrogens with zero attached hydrogens (tertiary/aromatic N) is 5. The van der Waals surface area contributed by atoms with Crippen molar-refractivity contribution in [2.45, 2.75) is 0 Å². The van der Waals surface area contributed by atoms with Gasteiger partial charge in [-0.15, -0.1) is 0 Å². The van der Waals surface area contributed by atoms with Gasteiger partial charge in [-0.1, -0.05) is 176 Å². The van der Waals surface area contributed by atoms with Crippen molar-refractivity contribution in [2.24, 2.45) is 0 Å². The summed E-state index contributed by atoms with van der Waals surface area (Å²) < 4.78 is 4.73. The Kier molecular flexibility index (Phi) is 7.42. The van der Waals surface area contributed by atoms with Crippen molar-refractivity contribution in [3.05, 3.63) is 200 Å². The van der Waals surface area contributed by atoms with Crippen LogP contribution in [0, 0.1) is 0 Å². The molecule has 11 aromatic rings. The highest BCUT2D eigenvalue weighted by molar-refractivity contribution is 6.28. The van der Waals surface area contributed by atoms with E-state index in [9.17, 15) is 0 Å². The highest BCUT2D eigenvalue weighted by Crippen LogP contribution is 2.47. The van der Waals surface area contributed by atoms with E-state index in [4.69, 9.17) is 15.0 Å². The second-order valence-electron chi connectivity index (χ2n) is 14.0. The number of rotatable bonds is 6. The number of benzene rings is 8. The standard InChI is InChI=1S/C51H33N5/c1-5-19-34(20-6-1)38-27-13-16-30-43(38)55-44-31-17-14-28-39(44)42-33-41(35-21-7-2-8-22-35)46-40-29-15-18-32-45(40)56(48(46)47(42)55)51-53-49(36-23-9-3-10-24-36)52-50(54-51)37-25-11-4-12-26-37/h1-33H. The lowest BCUT2D eigenvalue weighted by atomic mass is 9.96. The summed E-state index contributed by atoms with van der Waals surface area (Å²) in [6.07, 6.45) is 0. The van der Waals surface area contributed by atoms with Gasteiger partial charge in [0, 0.05) is 38.2 Å². The predicted octanol–water partition coefficient (Wildman–Crippen LogP) is 12.7. The van der Waals surface area contributed by atoms with E-state index in [1.807, 2.05) is 36.4 Å². The summed E-state index contributed by atoms with van der Waals surface area (Å²) in [6.45, 7) is 0. The largest absolute Gasteiger partial charge is 0.307 e. The molecule has 0 aliphatic heterocycles. The highest BCUT2D eigenvalue weighted by Gasteiger charge is 2.26. The first-order valence-electron chi connectivity index (χ1n) is 18.9. The molecule has 0 N–H and O–H groups in total. The summed E-state index contributed by atoms with van der Waals surface area (Å²) in [6, 6.07) is 70.3. The third-order valence-electron chi connectivity index (χ3n) is 10.8. The van der Waals surface area contributed by atoms with Gasteiger partial charge in [0.1, 0.15) is 0 Å². The Hall–Kier alpha value is -7.63. The molecule has 0 atom stereocenters. The monoisotopic (exact) mass is 715 g/mol. The fraction of sp³-hybridized carbons (Fsp3) is 0. The van der Waals surface area contributed by atoms with Gasteiger partial charge in [0.25, 0.3) is 0 Å². The van der Waals surface area contributed by atoms with Crippen LogP contribution in [0.5, 0.6) is 0 Å². The number of aromatic nitrogens is 5. The summed E-state index contributed by atoms with van der Waals surface area (Å²) in [7, 11) is 0. The Balaban J connectivity index is 1.37. The van der Waals surface area contributed by atoms with Crippen LogP contribution < -0.4 is 0 Å². The first-order chi connectivity index (χ1) is 27.8. The zero-order valence-electron chi connectivity index (χ0n) is 30.3. The van der Waals surface area contributed by atoms with E-state index in [0.717, 1.165) is 77.3 Å². The minimum Gasteiger partial charge on any atom is -0.307 e. The molecular weight excluding hydrogens is 683 g/mol. The molecule has 0 bridgehead atoms. The van der Waals surface area contributed by atoms with Crippen LogP contribution in [0.1, 0.15) is 0 Å². The molecule has 0 aliphatic carbocycles. The van der Waals surface area contributed by atoms with Gasteiger partial charge < -0.3 is 4.57 Å². The number of para-hydroxylation sites is 3. The minimum atomic E-state index is 0.559. The van der Waals surface area contributed by atoms with Crippen molar-refractivity contribution in [1.82, 2.24) is 24.1 Å². The molecule has 5 nitrogen and oxygen atoms in total. The Morgan fingerprint density at radius 2 is 0.786 bits per heavy atom. The van der Waals surface area contributed by atoms with Gasteiger partial charge in [-0.05, 0) is 41.0 Å². The number of hydrogen-bond acceptors (Lipinski definition) is 3. The Bertz CT molecular complexity index is 3160. The zero-order chi connectivity index (χ0) is 37.0. The second kappa shape index (κ2) is 13.0. The number of hydrogen-bond donors (Lipinski definition) is 0. The van der Waals surface area contributed by atoms with Gasteiger partial charge in [0.2, 0.25) is 5.95 Å². The summed E-state index contributed by atoms with van der Waals surface area (Å²) >= 11 is 0. The SMILES string of the molecule is c1ccc(-c2nc(-c3ccccc3)nc(-n3c4ccccc4c4c(-c5ccccc5)cc5c6ccccc6n(-c6ccccc6-c6ccccc6)c5c43)n2)cc1. The fourth-order valence-electron chi connectivity index (χ4n) is 8.33. The average molecular weight is 716 g/mol. The maximum absolute atomic E-state index is 5.33. The van der Waals surface area contributed by atoms with Crippen molar-refractivity contribution in [3.8, 4) is 56.7 Å². The minimum absolute atomic E-state index is 0.559. The Morgan fingerprint density at radius 3 is 1.39 bits per heavy atom. The quantitative estimate of drug-likeness (QED) is 0.172. The normalized spacial score (nSPS) is 11.6. The molecule has 3 aromatic heterocycles. The van der Waals surface area contributed by atoms with E-state index >= 15 is 0 Å². The van der Waals surface area contributed by atoms with Gasteiger partial charge in [-0.2, -0.15) is 9.97 Å². The maximum Gasteiger partial charge on any atom is 0.238 e. The van der Waals surface area contributed by atoms with E-state index in [1.54, 1.807) is 0 Å². The van der Waals surface area contributed by atoms with Crippen LogP contribution in [0.3, 0.4) is 0 Å². The molecule has 0 spiro atoms. The summed E-state index contributed by atoms with van der Waals surface area (Å²) in [5, 5.41) is 4.59. The van der Waals surface area contributed by atoms with E-state index in [1.165, 1.54) is 5.39 Å². The van der Waals surface area contributed by atoms with Crippen LogP contribution in [0.15, 0.2) is 200 Å². The average Bonchev–Trinajstić information content (AvgIpc) is 3.80. The lowest BCUT2D eigenvalue weighted by molar-refractivity contribution is 0.953. The summed E-state index contributed by atoms with van der Waals surface area (Å²) in [5.74, 6) is 1.79. The molecule has 0 aliphatic rings. The molecular formula is C51H33N5. The molecule has 8 aromatic carbocycles. The molecule has 0 unspecified atom stereocenters. The van der Waals surface area contributed by atoms with Gasteiger partial charge >= 0.3 is 0 Å². The Morgan fingerprint density at radius 1 is 0.321 bits per heavy atom. The predicted molar refractivity (Wildman–Crippen MR) is 230 cm³/mol. The van der Waals surface area contributed by atoms with Crippen molar-refractivity contribution in [1.29, 1.82) is 0 Å². The topological polar surface area (TPSA) is 48.5 Å². The van der Waals surface area contributed by atoms with E-state index < -0.39 is 0 Å². The molecule has 0 fully saturated rings. The first-order valence-corrected chi connectivity index (χ1v) is 18.9. The molecule has 3 heterocycles. The van der Waals surface area contributed by atoms with Crippen molar-refractivity contribution >= 4 is 43.6 Å². The highest BCUT2D eigenvalue weighted by atomic mass is 15.2. The lowest BCUT2D eigenvalue weighted by Gasteiger charge is -2.17. The lowest BCUT2D eigenvalue weighted by Crippen LogP contribution is -2.07.